The van der Waals surface area contributed by atoms with Crippen molar-refractivity contribution in [3.05, 3.63) is 59.7 Å². The summed E-state index contributed by atoms with van der Waals surface area (Å²) in [7, 11) is 0. The van der Waals surface area contributed by atoms with Gasteiger partial charge >= 0.3 is 0 Å². The lowest BCUT2D eigenvalue weighted by atomic mass is 10.1. The lowest BCUT2D eigenvalue weighted by Crippen LogP contribution is -2.07. The fraction of sp³-hybridized carbons (Fsp3) is 0.333. The van der Waals surface area contributed by atoms with Crippen molar-refractivity contribution in [1.82, 2.24) is 0 Å². The van der Waals surface area contributed by atoms with E-state index in [1.165, 1.54) is 11.1 Å². The van der Waals surface area contributed by atoms with Crippen LogP contribution in [0.5, 0.6) is 11.5 Å². The van der Waals surface area contributed by atoms with Crippen LogP contribution in [0.3, 0.4) is 0 Å². The lowest BCUT2D eigenvalue weighted by Gasteiger charge is -2.12. The van der Waals surface area contributed by atoms with Gasteiger partial charge in [-0.25, -0.2) is 0 Å². The van der Waals surface area contributed by atoms with Crippen LogP contribution in [-0.4, -0.2) is 13.2 Å². The molecular weight excluding hydrogens is 262 g/mol. The molecule has 0 fully saturated rings. The third-order valence-corrected chi connectivity index (χ3v) is 3.83. The first-order valence-corrected chi connectivity index (χ1v) is 7.52. The summed E-state index contributed by atoms with van der Waals surface area (Å²) in [5.41, 5.74) is 8.61. The summed E-state index contributed by atoms with van der Waals surface area (Å²) < 4.78 is 11.6. The summed E-state index contributed by atoms with van der Waals surface area (Å²) >= 11 is 0. The molecule has 2 aromatic rings. The van der Waals surface area contributed by atoms with Gasteiger partial charge in [-0.1, -0.05) is 30.3 Å². The van der Waals surface area contributed by atoms with Crippen LogP contribution in [0, 0.1) is 0 Å². The van der Waals surface area contributed by atoms with E-state index in [4.69, 9.17) is 15.2 Å². The first-order chi connectivity index (χ1) is 10.3. The highest BCUT2D eigenvalue weighted by Gasteiger charge is 2.21. The molecule has 2 aromatic carbocycles. The third-order valence-electron chi connectivity index (χ3n) is 3.83. The molecule has 1 atom stereocenters. The average Bonchev–Trinajstić information content (AvgIpc) is 2.90. The molecule has 3 nitrogen and oxygen atoms in total. The van der Waals surface area contributed by atoms with Crippen LogP contribution >= 0.6 is 0 Å². The van der Waals surface area contributed by atoms with E-state index in [9.17, 15) is 0 Å². The van der Waals surface area contributed by atoms with Crippen LogP contribution in [0.4, 0.5) is 0 Å². The van der Waals surface area contributed by atoms with Gasteiger partial charge in [0.1, 0.15) is 11.5 Å². The van der Waals surface area contributed by atoms with Crippen LogP contribution in [-0.2, 0) is 6.42 Å². The molecule has 0 spiro atoms. The Balaban J connectivity index is 1.46. The number of benzene rings is 2. The molecule has 1 aliphatic carbocycles. The lowest BCUT2D eigenvalue weighted by molar-refractivity contribution is 0.246. The van der Waals surface area contributed by atoms with Gasteiger partial charge in [-0.15, -0.1) is 0 Å². The van der Waals surface area contributed by atoms with Gasteiger partial charge in [-0.05, 0) is 42.2 Å². The molecule has 0 bridgehead atoms. The van der Waals surface area contributed by atoms with Gasteiger partial charge in [-0.3, -0.25) is 0 Å². The van der Waals surface area contributed by atoms with Crippen molar-refractivity contribution in [2.24, 2.45) is 5.73 Å². The Morgan fingerprint density at radius 2 is 1.76 bits per heavy atom. The molecule has 3 rings (SSSR count). The van der Waals surface area contributed by atoms with E-state index in [1.54, 1.807) is 0 Å². The predicted molar refractivity (Wildman–Crippen MR) is 83.7 cm³/mol. The zero-order valence-corrected chi connectivity index (χ0v) is 12.1. The summed E-state index contributed by atoms with van der Waals surface area (Å²) in [5.74, 6) is 1.89. The largest absolute Gasteiger partial charge is 0.493 e. The number of fused-ring (bicyclic) bond motifs is 1. The maximum atomic E-state index is 6.08. The molecule has 0 saturated carbocycles. The number of hydrogen-bond donors (Lipinski definition) is 1. The van der Waals surface area contributed by atoms with Crippen LogP contribution in [0.15, 0.2) is 48.5 Å². The van der Waals surface area contributed by atoms with E-state index in [1.807, 2.05) is 42.5 Å². The second-order valence-electron chi connectivity index (χ2n) is 5.33. The molecule has 1 unspecified atom stereocenters. The maximum Gasteiger partial charge on any atom is 0.122 e. The molecule has 0 aliphatic heterocycles. The van der Waals surface area contributed by atoms with E-state index in [0.717, 1.165) is 30.8 Å². The number of nitrogens with two attached hydrogens (primary N) is 1. The number of hydrogen-bond acceptors (Lipinski definition) is 3. The summed E-state index contributed by atoms with van der Waals surface area (Å²) in [6, 6.07) is 16.2. The van der Waals surface area contributed by atoms with Crippen LogP contribution < -0.4 is 15.2 Å². The van der Waals surface area contributed by atoms with Crippen molar-refractivity contribution in [2.75, 3.05) is 13.2 Å². The van der Waals surface area contributed by atoms with Gasteiger partial charge in [0.15, 0.2) is 0 Å². The van der Waals surface area contributed by atoms with E-state index >= 15 is 0 Å². The van der Waals surface area contributed by atoms with Gasteiger partial charge < -0.3 is 15.2 Å². The van der Waals surface area contributed by atoms with E-state index in [0.29, 0.717) is 13.2 Å². The van der Waals surface area contributed by atoms with Crippen LogP contribution in [0.2, 0.25) is 0 Å². The maximum absolute atomic E-state index is 6.08. The van der Waals surface area contributed by atoms with Gasteiger partial charge in [-0.2, -0.15) is 0 Å². The van der Waals surface area contributed by atoms with Gasteiger partial charge in [0.2, 0.25) is 0 Å². The second-order valence-corrected chi connectivity index (χ2v) is 5.33. The Bertz CT molecular complexity index is 583. The molecule has 21 heavy (non-hydrogen) atoms. The fourth-order valence-electron chi connectivity index (χ4n) is 2.74. The van der Waals surface area contributed by atoms with Crippen molar-refractivity contribution in [2.45, 2.75) is 25.3 Å². The molecule has 110 valence electrons. The molecule has 0 saturated heterocycles. The monoisotopic (exact) mass is 283 g/mol. The molecular formula is C18H21NO2. The quantitative estimate of drug-likeness (QED) is 0.825. The van der Waals surface area contributed by atoms with Gasteiger partial charge in [0.05, 0.1) is 13.2 Å². The van der Waals surface area contributed by atoms with Crippen molar-refractivity contribution in [3.63, 3.8) is 0 Å². The van der Waals surface area contributed by atoms with E-state index in [-0.39, 0.29) is 6.04 Å². The van der Waals surface area contributed by atoms with Crippen LogP contribution in [0.1, 0.15) is 30.0 Å². The predicted octanol–water partition coefficient (Wildman–Crippen LogP) is 3.48. The van der Waals surface area contributed by atoms with E-state index < -0.39 is 0 Å². The molecule has 0 aromatic heterocycles. The highest BCUT2D eigenvalue weighted by atomic mass is 16.5. The normalized spacial score (nSPS) is 16.5. The summed E-state index contributed by atoms with van der Waals surface area (Å²) in [5, 5.41) is 0. The van der Waals surface area contributed by atoms with Crippen molar-refractivity contribution >= 4 is 0 Å². The SMILES string of the molecule is NC1CCc2c(OCCCOc3ccccc3)cccc21. The zero-order valence-electron chi connectivity index (χ0n) is 12.1. The molecule has 0 amide bonds. The third kappa shape index (κ3) is 3.37. The summed E-state index contributed by atoms with van der Waals surface area (Å²) in [6.07, 6.45) is 2.91. The Labute approximate surface area is 125 Å². The first-order valence-electron chi connectivity index (χ1n) is 7.52. The summed E-state index contributed by atoms with van der Waals surface area (Å²) in [4.78, 5) is 0. The second kappa shape index (κ2) is 6.64. The molecule has 0 radical (unpaired) electrons. The highest BCUT2D eigenvalue weighted by molar-refractivity contribution is 5.44. The number of para-hydroxylation sites is 1. The molecule has 0 heterocycles. The van der Waals surface area contributed by atoms with Crippen molar-refractivity contribution < 1.29 is 9.47 Å². The molecule has 2 N–H and O–H groups in total. The Morgan fingerprint density at radius 1 is 0.952 bits per heavy atom. The average molecular weight is 283 g/mol. The van der Waals surface area contributed by atoms with Crippen LogP contribution in [0.25, 0.3) is 0 Å². The minimum absolute atomic E-state index is 0.171. The van der Waals surface area contributed by atoms with Gasteiger partial charge in [0, 0.05) is 12.5 Å². The van der Waals surface area contributed by atoms with Crippen molar-refractivity contribution in [3.8, 4) is 11.5 Å². The number of rotatable bonds is 6. The number of ether oxygens (including phenoxy) is 2. The Kier molecular flexibility index (Phi) is 4.41. The smallest absolute Gasteiger partial charge is 0.122 e. The summed E-state index contributed by atoms with van der Waals surface area (Å²) in [6.45, 7) is 1.33. The fourth-order valence-corrected chi connectivity index (χ4v) is 2.74. The van der Waals surface area contributed by atoms with Gasteiger partial charge in [0.25, 0.3) is 0 Å². The molecule has 3 heteroatoms. The zero-order chi connectivity index (χ0) is 14.5. The van der Waals surface area contributed by atoms with E-state index in [2.05, 4.69) is 6.07 Å². The topological polar surface area (TPSA) is 44.5 Å². The minimum Gasteiger partial charge on any atom is -0.493 e. The minimum atomic E-state index is 0.171. The highest BCUT2D eigenvalue weighted by Crippen LogP contribution is 2.35. The molecule has 1 aliphatic rings. The Morgan fingerprint density at radius 3 is 2.62 bits per heavy atom. The first kappa shape index (κ1) is 14.0. The van der Waals surface area contributed by atoms with Crippen molar-refractivity contribution in [1.29, 1.82) is 0 Å². The standard InChI is InChI=1S/C18H21NO2/c19-17-11-10-16-15(17)8-4-9-18(16)21-13-5-12-20-14-6-2-1-3-7-14/h1-4,6-9,17H,5,10-13,19H2. The Hall–Kier alpha value is -2.00.